The minimum absolute atomic E-state index is 0.129. The number of benzene rings is 1. The number of ether oxygens (including phenoxy) is 1. The Morgan fingerprint density at radius 1 is 1.42 bits per heavy atom. The number of hydrogen-bond donors (Lipinski definition) is 1. The third kappa shape index (κ3) is 3.32. The van der Waals surface area contributed by atoms with E-state index in [9.17, 15) is 4.79 Å². The van der Waals surface area contributed by atoms with Gasteiger partial charge in [-0.1, -0.05) is 0 Å². The summed E-state index contributed by atoms with van der Waals surface area (Å²) in [6.45, 7) is 5.76. The van der Waals surface area contributed by atoms with Crippen LogP contribution in [0.5, 0.6) is 5.75 Å². The third-order valence-electron chi connectivity index (χ3n) is 3.21. The molecule has 0 radical (unpaired) electrons. The highest BCUT2D eigenvalue weighted by molar-refractivity contribution is 5.78. The average Bonchev–Trinajstić information content (AvgIpc) is 2.38. The Hall–Kier alpha value is -1.88. The summed E-state index contributed by atoms with van der Waals surface area (Å²) in [6.07, 6.45) is 1.40. The lowest BCUT2D eigenvalue weighted by Crippen LogP contribution is -2.30. The van der Waals surface area contributed by atoms with Crippen LogP contribution in [0.3, 0.4) is 0 Å². The van der Waals surface area contributed by atoms with Gasteiger partial charge in [0.15, 0.2) is 0 Å². The summed E-state index contributed by atoms with van der Waals surface area (Å²) in [5.41, 5.74) is 0.523. The van der Waals surface area contributed by atoms with Crippen molar-refractivity contribution in [3.05, 3.63) is 34.9 Å². The van der Waals surface area contributed by atoms with E-state index in [1.54, 1.807) is 18.2 Å². The average molecular weight is 261 g/mol. The second-order valence-electron chi connectivity index (χ2n) is 4.83. The predicted molar refractivity (Wildman–Crippen MR) is 75.6 cm³/mol. The Bertz CT molecular complexity index is 607. The van der Waals surface area contributed by atoms with E-state index >= 15 is 0 Å². The van der Waals surface area contributed by atoms with Crippen LogP contribution in [-0.4, -0.2) is 41.1 Å². The molecule has 19 heavy (non-hydrogen) atoms. The van der Waals surface area contributed by atoms with Crippen molar-refractivity contribution in [3.8, 4) is 5.75 Å². The molecular weight excluding hydrogens is 242 g/mol. The van der Waals surface area contributed by atoms with Gasteiger partial charge in [0.05, 0.1) is 17.2 Å². The smallest absolute Gasteiger partial charge is 0.258 e. The summed E-state index contributed by atoms with van der Waals surface area (Å²) in [6, 6.07) is 5.83. The van der Waals surface area contributed by atoms with Gasteiger partial charge in [0.1, 0.15) is 12.4 Å². The molecule has 0 aliphatic heterocycles. The number of H-pyrrole nitrogens is 1. The first-order valence-electron chi connectivity index (χ1n) is 6.38. The van der Waals surface area contributed by atoms with Gasteiger partial charge in [-0.05, 0) is 33.0 Å². The maximum atomic E-state index is 11.5. The lowest BCUT2D eigenvalue weighted by Gasteiger charge is -2.20. The van der Waals surface area contributed by atoms with E-state index in [1.165, 1.54) is 6.33 Å². The molecule has 5 heteroatoms. The maximum absolute atomic E-state index is 11.5. The highest BCUT2D eigenvalue weighted by atomic mass is 16.5. The molecule has 102 valence electrons. The van der Waals surface area contributed by atoms with Gasteiger partial charge in [-0.2, -0.15) is 0 Å². The van der Waals surface area contributed by atoms with Gasteiger partial charge in [-0.3, -0.25) is 4.79 Å². The Morgan fingerprint density at radius 3 is 2.95 bits per heavy atom. The van der Waals surface area contributed by atoms with E-state index in [0.29, 0.717) is 23.6 Å². The van der Waals surface area contributed by atoms with E-state index < -0.39 is 0 Å². The molecule has 0 fully saturated rings. The summed E-state index contributed by atoms with van der Waals surface area (Å²) in [7, 11) is 2.06. The second-order valence-corrected chi connectivity index (χ2v) is 4.83. The molecule has 1 heterocycles. The van der Waals surface area contributed by atoms with Gasteiger partial charge >= 0.3 is 0 Å². The zero-order chi connectivity index (χ0) is 13.8. The minimum Gasteiger partial charge on any atom is -0.492 e. The first kappa shape index (κ1) is 13.5. The lowest BCUT2D eigenvalue weighted by atomic mass is 10.2. The Balaban J connectivity index is 2.04. The van der Waals surface area contributed by atoms with E-state index in [1.807, 2.05) is 0 Å². The Morgan fingerprint density at radius 2 is 2.21 bits per heavy atom. The predicted octanol–water partition coefficient (Wildman–Crippen LogP) is 1.64. The molecule has 0 saturated heterocycles. The van der Waals surface area contributed by atoms with E-state index in [0.717, 1.165) is 12.3 Å². The number of aromatic amines is 1. The molecule has 2 rings (SSSR count). The van der Waals surface area contributed by atoms with Crippen molar-refractivity contribution in [1.82, 2.24) is 14.9 Å². The molecule has 1 aromatic carbocycles. The molecule has 0 unspecified atom stereocenters. The number of aromatic nitrogens is 2. The molecule has 5 nitrogen and oxygen atoms in total. The van der Waals surface area contributed by atoms with Gasteiger partial charge in [-0.15, -0.1) is 0 Å². The van der Waals surface area contributed by atoms with Crippen LogP contribution in [0.4, 0.5) is 0 Å². The fourth-order valence-corrected chi connectivity index (χ4v) is 1.70. The largest absolute Gasteiger partial charge is 0.492 e. The number of rotatable bonds is 5. The maximum Gasteiger partial charge on any atom is 0.258 e. The molecule has 1 N–H and O–H groups in total. The number of nitrogens with one attached hydrogen (secondary N) is 1. The minimum atomic E-state index is -0.129. The third-order valence-corrected chi connectivity index (χ3v) is 3.21. The Labute approximate surface area is 112 Å². The van der Waals surface area contributed by atoms with Crippen LogP contribution in [0.25, 0.3) is 10.9 Å². The van der Waals surface area contributed by atoms with Gasteiger partial charge < -0.3 is 14.6 Å². The molecule has 0 atom stereocenters. The number of fused-ring (bicyclic) bond motifs is 1. The van der Waals surface area contributed by atoms with Crippen molar-refractivity contribution in [2.24, 2.45) is 0 Å². The fraction of sp³-hybridized carbons (Fsp3) is 0.429. The van der Waals surface area contributed by atoms with Crippen molar-refractivity contribution < 1.29 is 4.74 Å². The molecule has 0 aliphatic carbocycles. The number of nitrogens with zero attached hydrogens (tertiary/aromatic N) is 2. The van der Waals surface area contributed by atoms with Crippen LogP contribution >= 0.6 is 0 Å². The number of likely N-dealkylation sites (N-methyl/N-ethyl adjacent to an activating group) is 1. The van der Waals surface area contributed by atoms with E-state index in [4.69, 9.17) is 4.74 Å². The quantitative estimate of drug-likeness (QED) is 0.889. The van der Waals surface area contributed by atoms with Crippen LogP contribution < -0.4 is 10.3 Å². The Kier molecular flexibility index (Phi) is 4.16. The van der Waals surface area contributed by atoms with Crippen LogP contribution in [0.15, 0.2) is 29.3 Å². The first-order chi connectivity index (χ1) is 9.08. The van der Waals surface area contributed by atoms with Gasteiger partial charge in [0.25, 0.3) is 5.56 Å². The second kappa shape index (κ2) is 5.84. The summed E-state index contributed by atoms with van der Waals surface area (Å²) in [5.74, 6) is 0.739. The van der Waals surface area contributed by atoms with Gasteiger partial charge in [0, 0.05) is 18.7 Å². The van der Waals surface area contributed by atoms with E-state index in [-0.39, 0.29) is 5.56 Å². The van der Waals surface area contributed by atoms with Crippen molar-refractivity contribution in [3.63, 3.8) is 0 Å². The van der Waals surface area contributed by atoms with Crippen LogP contribution in [0.1, 0.15) is 13.8 Å². The summed E-state index contributed by atoms with van der Waals surface area (Å²) >= 11 is 0. The zero-order valence-corrected chi connectivity index (χ0v) is 11.5. The van der Waals surface area contributed by atoms with Crippen LogP contribution in [0.2, 0.25) is 0 Å². The topological polar surface area (TPSA) is 58.2 Å². The molecule has 0 spiro atoms. The van der Waals surface area contributed by atoms with Gasteiger partial charge in [0.2, 0.25) is 0 Å². The monoisotopic (exact) mass is 261 g/mol. The molecule has 0 aliphatic rings. The molecule has 0 amide bonds. The number of hydrogen-bond acceptors (Lipinski definition) is 4. The van der Waals surface area contributed by atoms with Crippen LogP contribution in [0, 0.1) is 0 Å². The van der Waals surface area contributed by atoms with Crippen molar-refractivity contribution >= 4 is 10.9 Å². The SMILES string of the molecule is CC(C)N(C)CCOc1ccc2c(=O)[nH]cnc2c1. The molecule has 0 saturated carbocycles. The highest BCUT2D eigenvalue weighted by Crippen LogP contribution is 2.16. The normalized spacial score (nSPS) is 11.4. The van der Waals surface area contributed by atoms with E-state index in [2.05, 4.69) is 35.8 Å². The zero-order valence-electron chi connectivity index (χ0n) is 11.5. The van der Waals surface area contributed by atoms with Gasteiger partial charge in [-0.25, -0.2) is 4.98 Å². The molecule has 2 aromatic rings. The highest BCUT2D eigenvalue weighted by Gasteiger charge is 2.04. The molecule has 1 aromatic heterocycles. The van der Waals surface area contributed by atoms with Crippen molar-refractivity contribution in [2.45, 2.75) is 19.9 Å². The standard InChI is InChI=1S/C14H19N3O2/c1-10(2)17(3)6-7-19-11-4-5-12-13(8-11)15-9-16-14(12)18/h4-5,8-10H,6-7H2,1-3H3,(H,15,16,18). The molecular formula is C14H19N3O2. The van der Waals surface area contributed by atoms with Crippen molar-refractivity contribution in [1.29, 1.82) is 0 Å². The van der Waals surface area contributed by atoms with Crippen molar-refractivity contribution in [2.75, 3.05) is 20.2 Å². The lowest BCUT2D eigenvalue weighted by molar-refractivity contribution is 0.208. The van der Waals surface area contributed by atoms with Crippen LogP contribution in [-0.2, 0) is 0 Å². The summed E-state index contributed by atoms with van der Waals surface area (Å²) in [4.78, 5) is 20.4. The first-order valence-corrected chi connectivity index (χ1v) is 6.38. The summed E-state index contributed by atoms with van der Waals surface area (Å²) < 4.78 is 5.68. The summed E-state index contributed by atoms with van der Waals surface area (Å²) in [5, 5.41) is 0.578. The molecule has 0 bridgehead atoms. The fourth-order valence-electron chi connectivity index (χ4n) is 1.70.